The van der Waals surface area contributed by atoms with E-state index in [1.807, 2.05) is 0 Å². The second kappa shape index (κ2) is 5.92. The number of rotatable bonds is 5. The molecule has 0 rings (SSSR count). The van der Waals surface area contributed by atoms with Crippen LogP contribution in [0.25, 0.3) is 0 Å². The van der Waals surface area contributed by atoms with E-state index in [1.54, 1.807) is 0 Å². The van der Waals surface area contributed by atoms with E-state index in [0.717, 1.165) is 0 Å². The first-order chi connectivity index (χ1) is 5.91. The summed E-state index contributed by atoms with van der Waals surface area (Å²) in [5.41, 5.74) is 0. The Labute approximate surface area is 86.8 Å². The van der Waals surface area contributed by atoms with Crippen molar-refractivity contribution in [3.05, 3.63) is 0 Å². The van der Waals surface area contributed by atoms with Crippen LogP contribution in [0.15, 0.2) is 0 Å². The van der Waals surface area contributed by atoms with Crippen LogP contribution in [0.5, 0.6) is 0 Å². The number of nitrogens with zero attached hydrogens (tertiary/aromatic N) is 3. The summed E-state index contributed by atoms with van der Waals surface area (Å²) in [7, 11) is 7.18. The van der Waals surface area contributed by atoms with Crippen molar-refractivity contribution in [2.75, 3.05) is 34.7 Å². The molecule has 0 radical (unpaired) electrons. The molecule has 2 atom stereocenters. The van der Waals surface area contributed by atoms with Crippen molar-refractivity contribution in [1.29, 1.82) is 0 Å². The fourth-order valence-corrected chi connectivity index (χ4v) is 7.78. The standard InChI is InChI=1S/C8H25N3Si2/c1-8-11(12(6)9(2)3)13(7)10(4)5/h12-13H,8H2,1-7H3. The molecule has 0 aromatic carbocycles. The Morgan fingerprint density at radius 1 is 0.846 bits per heavy atom. The van der Waals surface area contributed by atoms with Crippen molar-refractivity contribution in [2.24, 2.45) is 0 Å². The van der Waals surface area contributed by atoms with Gasteiger partial charge in [-0.2, -0.15) is 0 Å². The predicted molar refractivity (Wildman–Crippen MR) is 65.8 cm³/mol. The van der Waals surface area contributed by atoms with Crippen LogP contribution in [0.1, 0.15) is 6.92 Å². The molecule has 0 amide bonds. The number of hydrogen-bond acceptors (Lipinski definition) is 3. The van der Waals surface area contributed by atoms with Gasteiger partial charge >= 0.3 is 0 Å². The van der Waals surface area contributed by atoms with Crippen molar-refractivity contribution in [2.45, 2.75) is 20.0 Å². The second-order valence-corrected chi connectivity index (χ2v) is 10.5. The van der Waals surface area contributed by atoms with Gasteiger partial charge in [0.25, 0.3) is 0 Å². The van der Waals surface area contributed by atoms with Gasteiger partial charge in [0.05, 0.1) is 0 Å². The van der Waals surface area contributed by atoms with E-state index < -0.39 is 18.2 Å². The van der Waals surface area contributed by atoms with Gasteiger partial charge in [-0.15, -0.1) is 0 Å². The van der Waals surface area contributed by atoms with Gasteiger partial charge in [-0.1, -0.05) is 6.92 Å². The van der Waals surface area contributed by atoms with E-state index in [9.17, 15) is 0 Å². The lowest BCUT2D eigenvalue weighted by Crippen LogP contribution is -2.58. The first-order valence-corrected chi connectivity index (χ1v) is 9.37. The lowest BCUT2D eigenvalue weighted by Gasteiger charge is -2.38. The van der Waals surface area contributed by atoms with Gasteiger partial charge in [-0.25, -0.2) is 0 Å². The zero-order valence-electron chi connectivity index (χ0n) is 10.2. The van der Waals surface area contributed by atoms with Crippen LogP contribution in [0, 0.1) is 0 Å². The minimum absolute atomic E-state index is 0.818. The lowest BCUT2D eigenvalue weighted by molar-refractivity contribution is 0.499. The molecule has 0 aliphatic heterocycles. The fourth-order valence-electron chi connectivity index (χ4n) is 1.43. The first kappa shape index (κ1) is 13.3. The molecule has 80 valence electrons. The molecule has 0 saturated carbocycles. The summed E-state index contributed by atoms with van der Waals surface area (Å²) in [5.74, 6) is 0. The smallest absolute Gasteiger partial charge is 0.180 e. The maximum atomic E-state index is 2.74. The van der Waals surface area contributed by atoms with Crippen LogP contribution < -0.4 is 0 Å². The normalized spacial score (nSPS) is 17.1. The minimum atomic E-state index is -0.818. The van der Waals surface area contributed by atoms with Crippen LogP contribution in [0.4, 0.5) is 0 Å². The summed E-state index contributed by atoms with van der Waals surface area (Å²) in [6.45, 7) is 8.31. The van der Waals surface area contributed by atoms with Crippen molar-refractivity contribution >= 4 is 18.2 Å². The molecule has 0 heterocycles. The number of hydrogen-bond donors (Lipinski definition) is 0. The van der Waals surface area contributed by atoms with Gasteiger partial charge in [0, 0.05) is 0 Å². The van der Waals surface area contributed by atoms with Gasteiger partial charge in [-0.3, -0.25) is 0 Å². The molecular weight excluding hydrogens is 194 g/mol. The quantitative estimate of drug-likeness (QED) is 0.609. The second-order valence-electron chi connectivity index (χ2n) is 4.02. The van der Waals surface area contributed by atoms with Gasteiger partial charge in [0.2, 0.25) is 0 Å². The first-order valence-electron chi connectivity index (χ1n) is 5.00. The van der Waals surface area contributed by atoms with Crippen LogP contribution in [0.2, 0.25) is 13.1 Å². The highest BCUT2D eigenvalue weighted by molar-refractivity contribution is 6.68. The summed E-state index contributed by atoms with van der Waals surface area (Å²) in [6.07, 6.45) is 0. The van der Waals surface area contributed by atoms with E-state index in [-0.39, 0.29) is 0 Å². The molecule has 0 aromatic heterocycles. The van der Waals surface area contributed by atoms with Crippen molar-refractivity contribution in [1.82, 2.24) is 13.4 Å². The molecule has 0 spiro atoms. The topological polar surface area (TPSA) is 9.72 Å². The summed E-state index contributed by atoms with van der Waals surface area (Å²) >= 11 is 0. The van der Waals surface area contributed by atoms with Crippen LogP contribution in [-0.2, 0) is 0 Å². The molecule has 0 aromatic rings. The summed E-state index contributed by atoms with van der Waals surface area (Å²) in [6, 6.07) is 0. The zero-order chi connectivity index (χ0) is 10.6. The highest BCUT2D eigenvalue weighted by Gasteiger charge is 2.23. The van der Waals surface area contributed by atoms with E-state index in [1.165, 1.54) is 6.54 Å². The van der Waals surface area contributed by atoms with Crippen LogP contribution in [0.3, 0.4) is 0 Å². The third kappa shape index (κ3) is 3.91. The molecule has 0 aliphatic rings. The van der Waals surface area contributed by atoms with E-state index in [0.29, 0.717) is 0 Å². The highest BCUT2D eigenvalue weighted by atomic mass is 28.4. The molecule has 0 saturated heterocycles. The third-order valence-corrected chi connectivity index (χ3v) is 11.0. The molecule has 0 fully saturated rings. The highest BCUT2D eigenvalue weighted by Crippen LogP contribution is 2.02. The van der Waals surface area contributed by atoms with Crippen molar-refractivity contribution in [3.8, 4) is 0 Å². The summed E-state index contributed by atoms with van der Waals surface area (Å²) < 4.78 is 7.56. The van der Waals surface area contributed by atoms with Crippen molar-refractivity contribution in [3.63, 3.8) is 0 Å². The van der Waals surface area contributed by atoms with Crippen molar-refractivity contribution < 1.29 is 0 Å². The Kier molecular flexibility index (Phi) is 6.07. The van der Waals surface area contributed by atoms with E-state index >= 15 is 0 Å². The average molecular weight is 219 g/mol. The maximum absolute atomic E-state index is 2.74. The molecule has 2 unspecified atom stereocenters. The zero-order valence-corrected chi connectivity index (χ0v) is 12.5. The monoisotopic (exact) mass is 219 g/mol. The Hall–Kier alpha value is 0.314. The van der Waals surface area contributed by atoms with Gasteiger partial charge in [0.1, 0.15) is 0 Å². The Balaban J connectivity index is 4.31. The summed E-state index contributed by atoms with van der Waals surface area (Å²) in [4.78, 5) is 0. The van der Waals surface area contributed by atoms with Crippen LogP contribution >= 0.6 is 0 Å². The SMILES string of the molecule is CCN([SiH](C)N(C)C)[SiH](C)N(C)C. The van der Waals surface area contributed by atoms with Gasteiger partial charge < -0.3 is 13.4 Å². The van der Waals surface area contributed by atoms with E-state index in [2.05, 4.69) is 61.6 Å². The van der Waals surface area contributed by atoms with Gasteiger partial charge in [-0.05, 0) is 47.8 Å². The lowest BCUT2D eigenvalue weighted by atomic mass is 10.8. The molecule has 13 heavy (non-hydrogen) atoms. The van der Waals surface area contributed by atoms with Crippen LogP contribution in [-0.4, -0.2) is 66.3 Å². The predicted octanol–water partition coefficient (Wildman–Crippen LogP) is 0.132. The van der Waals surface area contributed by atoms with E-state index in [4.69, 9.17) is 0 Å². The molecule has 0 N–H and O–H groups in total. The Bertz CT molecular complexity index is 127. The van der Waals surface area contributed by atoms with Gasteiger partial charge in [0.15, 0.2) is 18.2 Å². The third-order valence-electron chi connectivity index (χ3n) is 2.82. The molecule has 5 heteroatoms. The largest absolute Gasteiger partial charge is 0.327 e. The molecule has 0 bridgehead atoms. The maximum Gasteiger partial charge on any atom is 0.180 e. The Morgan fingerprint density at radius 3 is 1.31 bits per heavy atom. The molecule has 3 nitrogen and oxygen atoms in total. The summed E-state index contributed by atoms with van der Waals surface area (Å²) in [5, 5.41) is 0. The fraction of sp³-hybridized carbons (Fsp3) is 1.00. The molecular formula is C8H25N3Si2. The minimum Gasteiger partial charge on any atom is -0.327 e. The average Bonchev–Trinajstić information content (AvgIpc) is 2.04. The Morgan fingerprint density at radius 2 is 1.15 bits per heavy atom. The molecule has 0 aliphatic carbocycles.